The molecule has 0 bridgehead atoms. The average Bonchev–Trinajstić information content (AvgIpc) is 3.10. The number of amides is 1. The van der Waals surface area contributed by atoms with E-state index in [-0.39, 0.29) is 17.1 Å². The van der Waals surface area contributed by atoms with Crippen LogP contribution in [0.2, 0.25) is 0 Å². The second-order valence-electron chi connectivity index (χ2n) is 8.34. The fraction of sp³-hybridized carbons (Fsp3) is 0.407. The van der Waals surface area contributed by atoms with Gasteiger partial charge in [0.15, 0.2) is 0 Å². The number of nitrogens with zero attached hydrogens (tertiary/aromatic N) is 2. The highest BCUT2D eigenvalue weighted by atomic mass is 16.5. The minimum Gasteiger partial charge on any atom is -0.508 e. The number of Topliss-reactive ketones (excluding diaryl/α,β-unsaturated/α-hetero) is 1. The Morgan fingerprint density at radius 3 is 2.41 bits per heavy atom. The Morgan fingerprint density at radius 2 is 1.76 bits per heavy atom. The summed E-state index contributed by atoms with van der Waals surface area (Å²) in [5.41, 5.74) is 1.11. The zero-order valence-corrected chi connectivity index (χ0v) is 20.2. The van der Waals surface area contributed by atoms with Crippen LogP contribution in [0.5, 0.6) is 11.5 Å². The predicted octanol–water partition coefficient (Wildman–Crippen LogP) is 4.33. The molecule has 0 spiro atoms. The van der Waals surface area contributed by atoms with Gasteiger partial charge in [-0.2, -0.15) is 0 Å². The number of likely N-dealkylation sites (tertiary alicyclic amines) is 1. The number of unbranched alkanes of at least 4 members (excludes halogenated alkanes) is 1. The van der Waals surface area contributed by atoms with Crippen molar-refractivity contribution >= 4 is 17.4 Å². The van der Waals surface area contributed by atoms with Crippen molar-refractivity contribution in [2.24, 2.45) is 0 Å². The number of ether oxygens (including phenoxy) is 1. The SMILES string of the molecule is CCCCOc1cccc(C(O)=C2C(=O)C(=O)N(CCN(CC)CC)C2c2ccc(O)cc2)c1. The first-order valence-electron chi connectivity index (χ1n) is 11.9. The highest BCUT2D eigenvalue weighted by Gasteiger charge is 2.46. The van der Waals surface area contributed by atoms with Crippen LogP contribution in [0.15, 0.2) is 54.1 Å². The van der Waals surface area contributed by atoms with Gasteiger partial charge in [0.25, 0.3) is 11.7 Å². The predicted molar refractivity (Wildman–Crippen MR) is 132 cm³/mol. The summed E-state index contributed by atoms with van der Waals surface area (Å²) in [4.78, 5) is 29.9. The third-order valence-electron chi connectivity index (χ3n) is 6.17. The van der Waals surface area contributed by atoms with Crippen molar-refractivity contribution in [3.63, 3.8) is 0 Å². The topological polar surface area (TPSA) is 90.3 Å². The summed E-state index contributed by atoms with van der Waals surface area (Å²) < 4.78 is 5.75. The van der Waals surface area contributed by atoms with E-state index in [0.717, 1.165) is 25.9 Å². The summed E-state index contributed by atoms with van der Waals surface area (Å²) >= 11 is 0. The number of hydrogen-bond donors (Lipinski definition) is 2. The largest absolute Gasteiger partial charge is 0.508 e. The molecule has 2 aromatic carbocycles. The van der Waals surface area contributed by atoms with E-state index in [9.17, 15) is 19.8 Å². The molecule has 3 rings (SSSR count). The van der Waals surface area contributed by atoms with Crippen LogP contribution < -0.4 is 4.74 Å². The molecule has 7 heteroatoms. The number of carbonyl (C=O) groups is 2. The normalized spacial score (nSPS) is 17.5. The lowest BCUT2D eigenvalue weighted by atomic mass is 9.95. The third-order valence-corrected chi connectivity index (χ3v) is 6.17. The van der Waals surface area contributed by atoms with Gasteiger partial charge in [-0.05, 0) is 49.3 Å². The summed E-state index contributed by atoms with van der Waals surface area (Å²) in [6, 6.07) is 12.6. The van der Waals surface area contributed by atoms with E-state index in [1.165, 1.54) is 17.0 Å². The maximum atomic E-state index is 13.2. The van der Waals surface area contributed by atoms with Crippen LogP contribution in [-0.2, 0) is 9.59 Å². The van der Waals surface area contributed by atoms with E-state index >= 15 is 0 Å². The molecule has 0 saturated carbocycles. The number of aromatic hydroxyl groups is 1. The highest BCUT2D eigenvalue weighted by molar-refractivity contribution is 6.46. The van der Waals surface area contributed by atoms with Gasteiger partial charge >= 0.3 is 0 Å². The van der Waals surface area contributed by atoms with Crippen LogP contribution in [0.1, 0.15) is 50.8 Å². The van der Waals surface area contributed by atoms with Gasteiger partial charge in [0, 0.05) is 18.7 Å². The summed E-state index contributed by atoms with van der Waals surface area (Å²) in [6.45, 7) is 9.34. The fourth-order valence-electron chi connectivity index (χ4n) is 4.13. The van der Waals surface area contributed by atoms with Gasteiger partial charge in [0.1, 0.15) is 17.3 Å². The first-order chi connectivity index (χ1) is 16.4. The smallest absolute Gasteiger partial charge is 0.295 e. The van der Waals surface area contributed by atoms with Gasteiger partial charge in [0.05, 0.1) is 18.2 Å². The standard InChI is InChI=1S/C27H34N2O5/c1-4-7-17-34-22-10-8-9-20(18-22)25(31)23-24(19-11-13-21(30)14-12-19)29(27(33)26(23)32)16-15-28(5-2)6-3/h8-14,18,24,30-31H,4-7,15-17H2,1-3H3. The minimum atomic E-state index is -0.749. The Balaban J connectivity index is 2.03. The molecule has 0 radical (unpaired) electrons. The van der Waals surface area contributed by atoms with Crippen molar-refractivity contribution in [1.82, 2.24) is 9.80 Å². The molecule has 1 amide bonds. The number of aliphatic hydroxyl groups excluding tert-OH is 1. The monoisotopic (exact) mass is 466 g/mol. The van der Waals surface area contributed by atoms with E-state index in [4.69, 9.17) is 4.74 Å². The number of likely N-dealkylation sites (N-methyl/N-ethyl adjacent to an activating group) is 1. The van der Waals surface area contributed by atoms with Crippen molar-refractivity contribution < 1.29 is 24.5 Å². The van der Waals surface area contributed by atoms with Gasteiger partial charge in [-0.15, -0.1) is 0 Å². The van der Waals surface area contributed by atoms with Gasteiger partial charge in [0.2, 0.25) is 0 Å². The molecule has 2 aromatic rings. The number of benzene rings is 2. The molecular weight excluding hydrogens is 432 g/mol. The summed E-state index contributed by atoms with van der Waals surface area (Å²) in [5.74, 6) is -0.910. The summed E-state index contributed by atoms with van der Waals surface area (Å²) in [6.07, 6.45) is 1.91. The van der Waals surface area contributed by atoms with Crippen molar-refractivity contribution in [2.75, 3.05) is 32.8 Å². The van der Waals surface area contributed by atoms with Crippen molar-refractivity contribution in [1.29, 1.82) is 0 Å². The Bertz CT molecular complexity index is 1030. The maximum absolute atomic E-state index is 13.2. The molecule has 182 valence electrons. The molecule has 1 atom stereocenters. The van der Waals surface area contributed by atoms with Crippen molar-refractivity contribution in [3.05, 3.63) is 65.2 Å². The molecule has 1 fully saturated rings. The molecule has 1 aliphatic heterocycles. The minimum absolute atomic E-state index is 0.0425. The lowest BCUT2D eigenvalue weighted by Crippen LogP contribution is -2.38. The average molecular weight is 467 g/mol. The Labute approximate surface area is 201 Å². The highest BCUT2D eigenvalue weighted by Crippen LogP contribution is 2.40. The van der Waals surface area contributed by atoms with E-state index in [1.807, 2.05) is 13.8 Å². The quantitative estimate of drug-likeness (QED) is 0.222. The Hall–Kier alpha value is -3.32. The second-order valence-corrected chi connectivity index (χ2v) is 8.34. The van der Waals surface area contributed by atoms with E-state index in [1.54, 1.807) is 36.4 Å². The molecule has 1 heterocycles. The lowest BCUT2D eigenvalue weighted by Gasteiger charge is -2.28. The molecule has 7 nitrogen and oxygen atoms in total. The fourth-order valence-corrected chi connectivity index (χ4v) is 4.13. The van der Waals surface area contributed by atoms with Crippen LogP contribution in [0, 0.1) is 0 Å². The first kappa shape index (κ1) is 25.3. The number of carbonyl (C=O) groups excluding carboxylic acids is 2. The van der Waals surface area contributed by atoms with E-state index in [2.05, 4.69) is 11.8 Å². The molecule has 1 unspecified atom stereocenters. The van der Waals surface area contributed by atoms with Crippen molar-refractivity contribution in [3.8, 4) is 11.5 Å². The van der Waals surface area contributed by atoms with Gasteiger partial charge in [-0.1, -0.05) is 51.5 Å². The van der Waals surface area contributed by atoms with E-state index < -0.39 is 17.7 Å². The van der Waals surface area contributed by atoms with Crippen LogP contribution in [0.25, 0.3) is 5.76 Å². The summed E-state index contributed by atoms with van der Waals surface area (Å²) in [5, 5.41) is 21.0. The van der Waals surface area contributed by atoms with Gasteiger partial charge in [-0.3, -0.25) is 9.59 Å². The molecule has 0 aromatic heterocycles. The Kier molecular flexibility index (Phi) is 8.71. The molecule has 34 heavy (non-hydrogen) atoms. The number of phenols is 1. The van der Waals surface area contributed by atoms with Crippen LogP contribution in [0.3, 0.4) is 0 Å². The molecular formula is C27H34N2O5. The zero-order valence-electron chi connectivity index (χ0n) is 20.2. The van der Waals surface area contributed by atoms with Gasteiger partial charge < -0.3 is 24.7 Å². The zero-order chi connectivity index (χ0) is 24.7. The van der Waals surface area contributed by atoms with Crippen LogP contribution in [0.4, 0.5) is 0 Å². The van der Waals surface area contributed by atoms with Gasteiger partial charge in [-0.25, -0.2) is 0 Å². The summed E-state index contributed by atoms with van der Waals surface area (Å²) in [7, 11) is 0. The van der Waals surface area contributed by atoms with Crippen LogP contribution >= 0.6 is 0 Å². The lowest BCUT2D eigenvalue weighted by molar-refractivity contribution is -0.140. The number of rotatable bonds is 11. The first-order valence-corrected chi connectivity index (χ1v) is 11.9. The molecule has 1 saturated heterocycles. The number of phenolic OH excluding ortho intramolecular Hbond substituents is 1. The van der Waals surface area contributed by atoms with E-state index in [0.29, 0.717) is 36.6 Å². The third kappa shape index (κ3) is 5.59. The second kappa shape index (κ2) is 11.7. The maximum Gasteiger partial charge on any atom is 0.295 e. The van der Waals surface area contributed by atoms with Crippen molar-refractivity contribution in [2.45, 2.75) is 39.7 Å². The number of aliphatic hydroxyl groups is 1. The molecule has 0 aliphatic carbocycles. The molecule has 2 N–H and O–H groups in total. The van der Waals surface area contributed by atoms with Crippen LogP contribution in [-0.4, -0.2) is 64.5 Å². The number of ketones is 1. The number of hydrogen-bond acceptors (Lipinski definition) is 6. The molecule has 1 aliphatic rings. The Morgan fingerprint density at radius 1 is 1.06 bits per heavy atom.